The van der Waals surface area contributed by atoms with E-state index in [0.717, 1.165) is 35.4 Å². The molecule has 2 fully saturated rings. The molecule has 17 heavy (non-hydrogen) atoms. The number of hydrogen-bond donors (Lipinski definition) is 0. The maximum atomic E-state index is 6.19. The summed E-state index contributed by atoms with van der Waals surface area (Å²) in [6.45, 7) is 1.71. The number of aromatic nitrogens is 2. The molecule has 0 bridgehead atoms. The molecule has 1 aliphatic carbocycles. The van der Waals surface area contributed by atoms with E-state index in [9.17, 15) is 0 Å². The van der Waals surface area contributed by atoms with Crippen LogP contribution in [-0.2, 0) is 11.2 Å². The van der Waals surface area contributed by atoms with Crippen LogP contribution in [0.2, 0.25) is 5.15 Å². The van der Waals surface area contributed by atoms with Crippen molar-refractivity contribution in [3.63, 3.8) is 0 Å². The lowest BCUT2D eigenvalue weighted by molar-refractivity contribution is 0.185. The van der Waals surface area contributed by atoms with Crippen molar-refractivity contribution in [3.05, 3.63) is 20.2 Å². The average molecular weight is 365 g/mol. The van der Waals surface area contributed by atoms with E-state index in [1.54, 1.807) is 0 Å². The van der Waals surface area contributed by atoms with Crippen molar-refractivity contribution in [2.75, 3.05) is 13.2 Å². The largest absolute Gasteiger partial charge is 0.381 e. The first kappa shape index (κ1) is 12.1. The quantitative estimate of drug-likeness (QED) is 0.610. The molecule has 0 amide bonds. The molecule has 1 saturated heterocycles. The SMILES string of the molecule is Clc1nc(CC2CCOC2)nc(C2CC2)c1I. The van der Waals surface area contributed by atoms with Crippen molar-refractivity contribution in [1.82, 2.24) is 9.97 Å². The van der Waals surface area contributed by atoms with Crippen molar-refractivity contribution in [1.29, 1.82) is 0 Å². The zero-order chi connectivity index (χ0) is 11.8. The molecule has 0 aromatic carbocycles. The van der Waals surface area contributed by atoms with Gasteiger partial charge in [0.2, 0.25) is 0 Å². The van der Waals surface area contributed by atoms with Crippen LogP contribution in [0.1, 0.15) is 36.7 Å². The Bertz CT molecular complexity index is 431. The van der Waals surface area contributed by atoms with Gasteiger partial charge < -0.3 is 4.74 Å². The van der Waals surface area contributed by atoms with Crippen molar-refractivity contribution >= 4 is 34.2 Å². The molecule has 1 atom stereocenters. The standard InChI is InChI=1S/C12H14ClIN2O/c13-12-10(14)11(8-1-2-8)15-9(16-12)5-7-3-4-17-6-7/h7-8H,1-6H2. The average Bonchev–Trinajstić information content (AvgIpc) is 3.02. The van der Waals surface area contributed by atoms with E-state index in [-0.39, 0.29) is 0 Å². The molecule has 5 heteroatoms. The van der Waals surface area contributed by atoms with Gasteiger partial charge in [-0.25, -0.2) is 9.97 Å². The Hall–Kier alpha value is 0.0600. The molecule has 3 nitrogen and oxygen atoms in total. The van der Waals surface area contributed by atoms with Crippen LogP contribution in [0, 0.1) is 9.49 Å². The Kier molecular flexibility index (Phi) is 3.54. The second-order valence-electron chi connectivity index (χ2n) is 4.84. The molecule has 1 aromatic heterocycles. The minimum absolute atomic E-state index is 0.568. The fourth-order valence-electron chi connectivity index (χ4n) is 2.20. The smallest absolute Gasteiger partial charge is 0.146 e. The highest BCUT2D eigenvalue weighted by atomic mass is 127. The zero-order valence-electron chi connectivity index (χ0n) is 9.46. The number of halogens is 2. The van der Waals surface area contributed by atoms with Gasteiger partial charge in [-0.2, -0.15) is 0 Å². The minimum atomic E-state index is 0.568. The molecular formula is C12H14ClIN2O. The van der Waals surface area contributed by atoms with Crippen LogP contribution >= 0.6 is 34.2 Å². The monoisotopic (exact) mass is 364 g/mol. The molecule has 1 aromatic rings. The van der Waals surface area contributed by atoms with E-state index in [2.05, 4.69) is 27.6 Å². The Labute approximate surface area is 119 Å². The highest BCUT2D eigenvalue weighted by Gasteiger charge is 2.29. The molecule has 92 valence electrons. The van der Waals surface area contributed by atoms with Crippen molar-refractivity contribution < 1.29 is 4.74 Å². The number of hydrogen-bond acceptors (Lipinski definition) is 3. The third kappa shape index (κ3) is 2.74. The third-order valence-electron chi connectivity index (χ3n) is 3.34. The van der Waals surface area contributed by atoms with Gasteiger partial charge in [-0.05, 0) is 47.8 Å². The van der Waals surface area contributed by atoms with Crippen LogP contribution < -0.4 is 0 Å². The second-order valence-corrected chi connectivity index (χ2v) is 6.27. The van der Waals surface area contributed by atoms with Crippen LogP contribution in [0.25, 0.3) is 0 Å². The van der Waals surface area contributed by atoms with Crippen LogP contribution in [0.3, 0.4) is 0 Å². The molecule has 2 aliphatic rings. The summed E-state index contributed by atoms with van der Waals surface area (Å²) in [7, 11) is 0. The summed E-state index contributed by atoms with van der Waals surface area (Å²) >= 11 is 8.45. The van der Waals surface area contributed by atoms with Gasteiger partial charge in [0.25, 0.3) is 0 Å². The summed E-state index contributed by atoms with van der Waals surface area (Å²) in [6, 6.07) is 0. The second kappa shape index (κ2) is 4.97. The van der Waals surface area contributed by atoms with Crippen LogP contribution in [-0.4, -0.2) is 23.2 Å². The van der Waals surface area contributed by atoms with Gasteiger partial charge in [0.05, 0.1) is 9.26 Å². The maximum absolute atomic E-state index is 6.19. The molecule has 1 saturated carbocycles. The summed E-state index contributed by atoms with van der Waals surface area (Å²) in [6.07, 6.45) is 4.51. The maximum Gasteiger partial charge on any atom is 0.146 e. The summed E-state index contributed by atoms with van der Waals surface area (Å²) < 4.78 is 6.42. The number of ether oxygens (including phenoxy) is 1. The molecular weight excluding hydrogens is 351 g/mol. The molecule has 3 rings (SSSR count). The van der Waals surface area contributed by atoms with Gasteiger partial charge in [-0.3, -0.25) is 0 Å². The third-order valence-corrected chi connectivity index (χ3v) is 5.00. The molecule has 1 aliphatic heterocycles. The lowest BCUT2D eigenvalue weighted by atomic mass is 10.0. The van der Waals surface area contributed by atoms with E-state index >= 15 is 0 Å². The normalized spacial score (nSPS) is 24.2. The van der Waals surface area contributed by atoms with Gasteiger partial charge in [-0.1, -0.05) is 11.6 Å². The summed E-state index contributed by atoms with van der Waals surface area (Å²) in [4.78, 5) is 9.10. The van der Waals surface area contributed by atoms with Gasteiger partial charge >= 0.3 is 0 Å². The van der Waals surface area contributed by atoms with E-state index in [0.29, 0.717) is 17.0 Å². The predicted molar refractivity (Wildman–Crippen MR) is 74.4 cm³/mol. The van der Waals surface area contributed by atoms with E-state index in [1.807, 2.05) is 0 Å². The predicted octanol–water partition coefficient (Wildman–Crippen LogP) is 3.19. The van der Waals surface area contributed by atoms with Crippen LogP contribution in [0.4, 0.5) is 0 Å². The van der Waals surface area contributed by atoms with Crippen LogP contribution in [0.5, 0.6) is 0 Å². The zero-order valence-corrected chi connectivity index (χ0v) is 12.4. The van der Waals surface area contributed by atoms with E-state index in [4.69, 9.17) is 21.3 Å². The van der Waals surface area contributed by atoms with Gasteiger partial charge in [0, 0.05) is 25.6 Å². The molecule has 2 heterocycles. The highest BCUT2D eigenvalue weighted by Crippen LogP contribution is 2.42. The summed E-state index contributed by atoms with van der Waals surface area (Å²) in [5, 5.41) is 0.622. The summed E-state index contributed by atoms with van der Waals surface area (Å²) in [5.74, 6) is 2.09. The first-order valence-electron chi connectivity index (χ1n) is 6.03. The fraction of sp³-hybridized carbons (Fsp3) is 0.667. The topological polar surface area (TPSA) is 35.0 Å². The van der Waals surface area contributed by atoms with Gasteiger partial charge in [-0.15, -0.1) is 0 Å². The number of rotatable bonds is 3. The molecule has 1 unspecified atom stereocenters. The fourth-order valence-corrected chi connectivity index (χ4v) is 3.08. The Morgan fingerprint density at radius 2 is 2.12 bits per heavy atom. The van der Waals surface area contributed by atoms with Gasteiger partial charge in [0.1, 0.15) is 11.0 Å². The number of nitrogens with zero attached hydrogens (tertiary/aromatic N) is 2. The van der Waals surface area contributed by atoms with Crippen LogP contribution in [0.15, 0.2) is 0 Å². The molecule has 0 radical (unpaired) electrons. The lowest BCUT2D eigenvalue weighted by Gasteiger charge is -2.10. The molecule has 0 spiro atoms. The highest BCUT2D eigenvalue weighted by molar-refractivity contribution is 14.1. The summed E-state index contributed by atoms with van der Waals surface area (Å²) in [5.41, 5.74) is 1.17. The first-order chi connectivity index (χ1) is 8.24. The Morgan fingerprint density at radius 3 is 2.76 bits per heavy atom. The first-order valence-corrected chi connectivity index (χ1v) is 7.49. The lowest BCUT2D eigenvalue weighted by Crippen LogP contribution is -2.10. The van der Waals surface area contributed by atoms with Crippen molar-refractivity contribution in [3.8, 4) is 0 Å². The van der Waals surface area contributed by atoms with E-state index < -0.39 is 0 Å². The van der Waals surface area contributed by atoms with Gasteiger partial charge in [0.15, 0.2) is 0 Å². The Morgan fingerprint density at radius 1 is 1.29 bits per heavy atom. The van der Waals surface area contributed by atoms with Crippen molar-refractivity contribution in [2.24, 2.45) is 5.92 Å². The van der Waals surface area contributed by atoms with Crippen molar-refractivity contribution in [2.45, 2.75) is 31.6 Å². The minimum Gasteiger partial charge on any atom is -0.381 e. The molecule has 0 N–H and O–H groups in total. The van der Waals surface area contributed by atoms with E-state index in [1.165, 1.54) is 18.5 Å². The Balaban J connectivity index is 1.83.